The summed E-state index contributed by atoms with van der Waals surface area (Å²) >= 11 is 0. The van der Waals surface area contributed by atoms with Gasteiger partial charge in [-0.25, -0.2) is 4.39 Å². The first kappa shape index (κ1) is 22.1. The minimum atomic E-state index is -0.313. The van der Waals surface area contributed by atoms with Crippen molar-refractivity contribution in [3.63, 3.8) is 0 Å². The molecule has 0 aliphatic carbocycles. The zero-order valence-corrected chi connectivity index (χ0v) is 18.1. The fraction of sp³-hybridized carbons (Fsp3) is 0.435. The zero-order valence-electron chi connectivity index (χ0n) is 18.1. The molecule has 3 rings (SSSR count). The minimum Gasteiger partial charge on any atom is -0.493 e. The van der Waals surface area contributed by atoms with E-state index in [1.165, 1.54) is 17.2 Å². The van der Waals surface area contributed by atoms with Crippen LogP contribution in [0.5, 0.6) is 11.5 Å². The molecule has 6 nitrogen and oxygen atoms in total. The molecule has 0 spiro atoms. The number of ether oxygens (including phenoxy) is 2. The number of nitrogens with zero attached hydrogens (tertiary/aromatic N) is 2. The second kappa shape index (κ2) is 9.91. The van der Waals surface area contributed by atoms with Crippen molar-refractivity contribution in [1.29, 1.82) is 0 Å². The van der Waals surface area contributed by atoms with Crippen molar-refractivity contribution in [2.45, 2.75) is 20.4 Å². The van der Waals surface area contributed by atoms with Crippen LogP contribution in [-0.2, 0) is 11.3 Å². The molecule has 1 fully saturated rings. The predicted molar refractivity (Wildman–Crippen MR) is 116 cm³/mol. The summed E-state index contributed by atoms with van der Waals surface area (Å²) in [5.74, 6) is 1.04. The number of piperazine rings is 1. The van der Waals surface area contributed by atoms with E-state index in [1.54, 1.807) is 33.3 Å². The van der Waals surface area contributed by atoms with E-state index in [0.29, 0.717) is 17.8 Å². The van der Waals surface area contributed by atoms with E-state index in [4.69, 9.17) is 9.47 Å². The predicted octanol–water partition coefficient (Wildman–Crippen LogP) is 3.22. The molecular formula is C23H30FN3O3. The number of hydrogen-bond donors (Lipinski definition) is 1. The fourth-order valence-electron chi connectivity index (χ4n) is 3.61. The van der Waals surface area contributed by atoms with E-state index in [2.05, 4.69) is 22.0 Å². The number of aryl methyl sites for hydroxylation is 2. The number of rotatable bonds is 7. The van der Waals surface area contributed by atoms with Crippen LogP contribution >= 0.6 is 0 Å². The average molecular weight is 416 g/mol. The SMILES string of the molecule is COc1cc(C)c(CN2CCN(CC(=O)Nc3ccc(C)c(F)c3)CC2)cc1OC. The molecule has 1 heterocycles. The van der Waals surface area contributed by atoms with Crippen LogP contribution in [0.1, 0.15) is 16.7 Å². The number of amides is 1. The minimum absolute atomic E-state index is 0.123. The number of hydrogen-bond acceptors (Lipinski definition) is 5. The summed E-state index contributed by atoms with van der Waals surface area (Å²) in [4.78, 5) is 16.8. The highest BCUT2D eigenvalue weighted by Crippen LogP contribution is 2.31. The summed E-state index contributed by atoms with van der Waals surface area (Å²) in [6, 6.07) is 8.79. The maximum absolute atomic E-state index is 13.6. The smallest absolute Gasteiger partial charge is 0.238 e. The first-order valence-corrected chi connectivity index (χ1v) is 10.1. The molecule has 0 aromatic heterocycles. The van der Waals surface area contributed by atoms with Gasteiger partial charge in [-0.1, -0.05) is 6.07 Å². The molecule has 1 aliphatic rings. The largest absolute Gasteiger partial charge is 0.493 e. The Morgan fingerprint density at radius 2 is 1.60 bits per heavy atom. The maximum atomic E-state index is 13.6. The maximum Gasteiger partial charge on any atom is 0.238 e. The number of halogens is 1. The number of benzene rings is 2. The lowest BCUT2D eigenvalue weighted by Gasteiger charge is -2.34. The Kier molecular flexibility index (Phi) is 7.29. The van der Waals surface area contributed by atoms with Crippen molar-refractivity contribution in [2.24, 2.45) is 0 Å². The fourth-order valence-corrected chi connectivity index (χ4v) is 3.61. The van der Waals surface area contributed by atoms with Crippen molar-refractivity contribution < 1.29 is 18.7 Å². The molecule has 162 valence electrons. The second-order valence-corrected chi connectivity index (χ2v) is 7.70. The monoisotopic (exact) mass is 415 g/mol. The van der Waals surface area contributed by atoms with Gasteiger partial charge < -0.3 is 14.8 Å². The summed E-state index contributed by atoms with van der Waals surface area (Å²) in [5, 5.41) is 2.78. The quantitative estimate of drug-likeness (QED) is 0.753. The van der Waals surface area contributed by atoms with E-state index < -0.39 is 0 Å². The third-order valence-corrected chi connectivity index (χ3v) is 5.52. The third kappa shape index (κ3) is 5.49. The highest BCUT2D eigenvalue weighted by atomic mass is 19.1. The van der Waals surface area contributed by atoms with Crippen molar-refractivity contribution >= 4 is 11.6 Å². The van der Waals surface area contributed by atoms with E-state index in [-0.39, 0.29) is 11.7 Å². The number of methoxy groups -OCH3 is 2. The summed E-state index contributed by atoms with van der Waals surface area (Å²) < 4.78 is 24.4. The van der Waals surface area contributed by atoms with Crippen LogP contribution in [0.3, 0.4) is 0 Å². The lowest BCUT2D eigenvalue weighted by molar-refractivity contribution is -0.117. The van der Waals surface area contributed by atoms with E-state index in [9.17, 15) is 9.18 Å². The average Bonchev–Trinajstić information content (AvgIpc) is 2.73. The van der Waals surface area contributed by atoms with Gasteiger partial charge in [-0.3, -0.25) is 14.6 Å². The van der Waals surface area contributed by atoms with Gasteiger partial charge in [0, 0.05) is 38.4 Å². The van der Waals surface area contributed by atoms with Crippen LogP contribution in [0.4, 0.5) is 10.1 Å². The summed E-state index contributed by atoms with van der Waals surface area (Å²) in [6.07, 6.45) is 0. The third-order valence-electron chi connectivity index (χ3n) is 5.52. The van der Waals surface area contributed by atoms with Gasteiger partial charge in [0.05, 0.1) is 20.8 Å². The van der Waals surface area contributed by atoms with Crippen LogP contribution in [0.15, 0.2) is 30.3 Å². The van der Waals surface area contributed by atoms with Gasteiger partial charge in [0.15, 0.2) is 11.5 Å². The van der Waals surface area contributed by atoms with Crippen molar-refractivity contribution in [2.75, 3.05) is 52.3 Å². The summed E-state index contributed by atoms with van der Waals surface area (Å²) in [5.41, 5.74) is 3.43. The highest BCUT2D eigenvalue weighted by molar-refractivity contribution is 5.92. The Morgan fingerprint density at radius 3 is 2.23 bits per heavy atom. The van der Waals surface area contributed by atoms with Gasteiger partial charge in [-0.15, -0.1) is 0 Å². The number of anilines is 1. The first-order chi connectivity index (χ1) is 14.4. The molecule has 1 aliphatic heterocycles. The van der Waals surface area contributed by atoms with Crippen LogP contribution in [0, 0.1) is 19.7 Å². The Labute approximate surface area is 177 Å². The molecule has 0 unspecified atom stereocenters. The zero-order chi connectivity index (χ0) is 21.7. The molecule has 2 aromatic carbocycles. The molecule has 2 aromatic rings. The molecule has 0 saturated carbocycles. The number of nitrogens with one attached hydrogen (secondary N) is 1. The van der Waals surface area contributed by atoms with Gasteiger partial charge in [-0.05, 0) is 54.8 Å². The highest BCUT2D eigenvalue weighted by Gasteiger charge is 2.20. The molecule has 1 saturated heterocycles. The van der Waals surface area contributed by atoms with Gasteiger partial charge in [0.2, 0.25) is 5.91 Å². The van der Waals surface area contributed by atoms with Gasteiger partial charge in [0.1, 0.15) is 5.82 Å². The van der Waals surface area contributed by atoms with Crippen molar-refractivity contribution in [1.82, 2.24) is 9.80 Å². The van der Waals surface area contributed by atoms with Crippen LogP contribution in [0.25, 0.3) is 0 Å². The Balaban J connectivity index is 1.50. The number of carbonyl (C=O) groups is 1. The van der Waals surface area contributed by atoms with Crippen molar-refractivity contribution in [3.05, 3.63) is 52.8 Å². The molecule has 1 N–H and O–H groups in total. The molecule has 0 atom stereocenters. The van der Waals surface area contributed by atoms with E-state index in [1.807, 2.05) is 12.1 Å². The summed E-state index contributed by atoms with van der Waals surface area (Å²) in [6.45, 7) is 8.27. The summed E-state index contributed by atoms with van der Waals surface area (Å²) in [7, 11) is 3.29. The van der Waals surface area contributed by atoms with Crippen molar-refractivity contribution in [3.8, 4) is 11.5 Å². The number of carbonyl (C=O) groups excluding carboxylic acids is 1. The molecule has 7 heteroatoms. The lowest BCUT2D eigenvalue weighted by atomic mass is 10.1. The molecule has 0 bridgehead atoms. The molecular weight excluding hydrogens is 385 g/mol. The van der Waals surface area contributed by atoms with E-state index >= 15 is 0 Å². The van der Waals surface area contributed by atoms with Gasteiger partial charge in [-0.2, -0.15) is 0 Å². The Morgan fingerprint density at radius 1 is 0.967 bits per heavy atom. The van der Waals surface area contributed by atoms with Crippen LogP contribution in [0.2, 0.25) is 0 Å². The standard InChI is InChI=1S/C23H30FN3O3/c1-16-5-6-19(13-20(16)24)25-23(28)15-27-9-7-26(8-10-27)14-18-12-22(30-4)21(29-3)11-17(18)2/h5-6,11-13H,7-10,14-15H2,1-4H3,(H,25,28). The second-order valence-electron chi connectivity index (χ2n) is 7.70. The molecule has 1 amide bonds. The van der Waals surface area contributed by atoms with E-state index in [0.717, 1.165) is 44.2 Å². The Hall–Kier alpha value is -2.64. The van der Waals surface area contributed by atoms with Crippen LogP contribution in [-0.4, -0.2) is 62.7 Å². The Bertz CT molecular complexity index is 896. The van der Waals surface area contributed by atoms with Crippen LogP contribution < -0.4 is 14.8 Å². The first-order valence-electron chi connectivity index (χ1n) is 10.1. The molecule has 0 radical (unpaired) electrons. The topological polar surface area (TPSA) is 54.0 Å². The van der Waals surface area contributed by atoms with Gasteiger partial charge in [0.25, 0.3) is 0 Å². The lowest BCUT2D eigenvalue weighted by Crippen LogP contribution is -2.48. The van der Waals surface area contributed by atoms with Gasteiger partial charge >= 0.3 is 0 Å². The normalized spacial score (nSPS) is 15.1. The molecule has 30 heavy (non-hydrogen) atoms.